The molecular formula is C18H15Br2N3O3. The Morgan fingerprint density at radius 1 is 1.12 bits per heavy atom. The number of phenols is 2. The molecule has 3 rings (SSSR count). The van der Waals surface area contributed by atoms with E-state index in [1.165, 1.54) is 17.0 Å². The van der Waals surface area contributed by atoms with Gasteiger partial charge in [-0.25, -0.2) is 9.67 Å². The molecule has 6 nitrogen and oxygen atoms in total. The molecule has 1 aromatic heterocycles. The second-order valence-corrected chi connectivity index (χ2v) is 7.27. The van der Waals surface area contributed by atoms with Crippen LogP contribution < -0.4 is 5.56 Å². The number of benzene rings is 2. The van der Waals surface area contributed by atoms with Crippen LogP contribution in [0.4, 0.5) is 5.69 Å². The standard InChI is InChI=1S/C18H15Br2N3O3/c1-10-15(18(26)23(22(10)2)12-6-4-3-5-7-12)21-9-11-8-13(19)17(25)14(20)16(11)24/h3-9,24-25H,1-2H3. The van der Waals surface area contributed by atoms with Gasteiger partial charge in [-0.2, -0.15) is 0 Å². The predicted molar refractivity (Wildman–Crippen MR) is 108 cm³/mol. The summed E-state index contributed by atoms with van der Waals surface area (Å²) in [6, 6.07) is 10.8. The lowest BCUT2D eigenvalue weighted by atomic mass is 10.2. The lowest BCUT2D eigenvalue weighted by Crippen LogP contribution is -2.19. The lowest BCUT2D eigenvalue weighted by Gasteiger charge is -2.07. The molecule has 1 heterocycles. The molecule has 8 heteroatoms. The highest BCUT2D eigenvalue weighted by molar-refractivity contribution is 9.11. The Morgan fingerprint density at radius 2 is 1.77 bits per heavy atom. The molecule has 0 radical (unpaired) electrons. The van der Waals surface area contributed by atoms with E-state index in [4.69, 9.17) is 0 Å². The van der Waals surface area contributed by atoms with Crippen LogP contribution in [0.5, 0.6) is 11.5 Å². The fraction of sp³-hybridized carbons (Fsp3) is 0.111. The maximum absolute atomic E-state index is 12.8. The van der Waals surface area contributed by atoms with Crippen molar-refractivity contribution in [1.29, 1.82) is 0 Å². The number of rotatable bonds is 3. The van der Waals surface area contributed by atoms with Crippen LogP contribution in [0.3, 0.4) is 0 Å². The molecule has 0 atom stereocenters. The lowest BCUT2D eigenvalue weighted by molar-refractivity contribution is 0.442. The number of hydrogen-bond acceptors (Lipinski definition) is 4. The molecule has 3 aromatic rings. The van der Waals surface area contributed by atoms with Gasteiger partial charge in [0.05, 0.1) is 15.9 Å². The molecule has 0 saturated carbocycles. The van der Waals surface area contributed by atoms with Gasteiger partial charge in [0.25, 0.3) is 5.56 Å². The molecule has 0 aliphatic heterocycles. The summed E-state index contributed by atoms with van der Waals surface area (Å²) in [7, 11) is 1.79. The summed E-state index contributed by atoms with van der Waals surface area (Å²) >= 11 is 6.33. The summed E-state index contributed by atoms with van der Waals surface area (Å²) in [5, 5.41) is 19.9. The summed E-state index contributed by atoms with van der Waals surface area (Å²) in [5.74, 6) is -0.270. The van der Waals surface area contributed by atoms with Gasteiger partial charge in [-0.1, -0.05) is 18.2 Å². The SMILES string of the molecule is Cc1c(N=Cc2cc(Br)c(O)c(Br)c2O)c(=O)n(-c2ccccc2)n1C. The molecule has 0 aliphatic carbocycles. The van der Waals surface area contributed by atoms with Crippen LogP contribution in [0.15, 0.2) is 55.1 Å². The van der Waals surface area contributed by atoms with E-state index in [1.54, 1.807) is 18.7 Å². The average molecular weight is 481 g/mol. The molecule has 0 aliphatic rings. The number of aromatic nitrogens is 2. The maximum atomic E-state index is 12.8. The second kappa shape index (κ2) is 7.13. The Morgan fingerprint density at radius 3 is 2.42 bits per heavy atom. The molecule has 2 N–H and O–H groups in total. The van der Waals surface area contributed by atoms with Crippen molar-refractivity contribution < 1.29 is 10.2 Å². The van der Waals surface area contributed by atoms with Gasteiger partial charge < -0.3 is 10.2 Å². The highest BCUT2D eigenvalue weighted by atomic mass is 79.9. The summed E-state index contributed by atoms with van der Waals surface area (Å²) in [6.07, 6.45) is 1.39. The van der Waals surface area contributed by atoms with Gasteiger partial charge in [-0.05, 0) is 57.0 Å². The van der Waals surface area contributed by atoms with Gasteiger partial charge >= 0.3 is 0 Å². The molecule has 0 spiro atoms. The Hall–Kier alpha value is -2.32. The Balaban J connectivity index is 2.10. The number of aliphatic imine (C=N–C) groups is 1. The number of hydrogen-bond donors (Lipinski definition) is 2. The minimum Gasteiger partial charge on any atom is -0.506 e. The van der Waals surface area contributed by atoms with E-state index in [1.807, 2.05) is 30.3 Å². The maximum Gasteiger partial charge on any atom is 0.297 e. The van der Waals surface area contributed by atoms with E-state index in [0.29, 0.717) is 15.7 Å². The Bertz CT molecular complexity index is 1070. The number of para-hydroxylation sites is 1. The summed E-state index contributed by atoms with van der Waals surface area (Å²) in [5.41, 5.74) is 1.80. The minimum absolute atomic E-state index is 0.109. The van der Waals surface area contributed by atoms with Gasteiger partial charge in [0.1, 0.15) is 16.0 Å². The van der Waals surface area contributed by atoms with Crippen LogP contribution in [-0.2, 0) is 7.05 Å². The molecule has 0 amide bonds. The van der Waals surface area contributed by atoms with Crippen LogP contribution in [0.1, 0.15) is 11.3 Å². The monoisotopic (exact) mass is 479 g/mol. The molecule has 2 aromatic carbocycles. The van der Waals surface area contributed by atoms with E-state index >= 15 is 0 Å². The largest absolute Gasteiger partial charge is 0.506 e. The molecule has 26 heavy (non-hydrogen) atoms. The van der Waals surface area contributed by atoms with Gasteiger partial charge in [0.2, 0.25) is 0 Å². The van der Waals surface area contributed by atoms with E-state index in [9.17, 15) is 15.0 Å². The fourth-order valence-electron chi connectivity index (χ4n) is 2.55. The normalized spacial score (nSPS) is 11.4. The smallest absolute Gasteiger partial charge is 0.297 e. The first-order valence-corrected chi connectivity index (χ1v) is 9.19. The average Bonchev–Trinajstić information content (AvgIpc) is 2.85. The minimum atomic E-state index is -0.260. The van der Waals surface area contributed by atoms with E-state index in [2.05, 4.69) is 36.9 Å². The van der Waals surface area contributed by atoms with Crippen molar-refractivity contribution in [3.8, 4) is 17.2 Å². The number of nitrogens with zero attached hydrogens (tertiary/aromatic N) is 3. The van der Waals surface area contributed by atoms with Gasteiger partial charge in [0.15, 0.2) is 5.69 Å². The highest BCUT2D eigenvalue weighted by Gasteiger charge is 2.16. The highest BCUT2D eigenvalue weighted by Crippen LogP contribution is 2.40. The molecule has 0 fully saturated rings. The Kier molecular flexibility index (Phi) is 5.06. The van der Waals surface area contributed by atoms with E-state index in [-0.39, 0.29) is 27.2 Å². The predicted octanol–water partition coefficient (Wildman–Crippen LogP) is 4.17. The number of aromatic hydroxyl groups is 2. The second-order valence-electron chi connectivity index (χ2n) is 5.63. The van der Waals surface area contributed by atoms with Crippen molar-refractivity contribution in [2.24, 2.45) is 12.0 Å². The summed E-state index contributed by atoms with van der Waals surface area (Å²) in [4.78, 5) is 17.1. The molecule has 0 bridgehead atoms. The summed E-state index contributed by atoms with van der Waals surface area (Å²) < 4.78 is 3.81. The van der Waals surface area contributed by atoms with Gasteiger partial charge in [-0.3, -0.25) is 9.48 Å². The first kappa shape index (κ1) is 18.5. The number of halogens is 2. The molecular weight excluding hydrogens is 466 g/mol. The van der Waals surface area contributed by atoms with Crippen molar-refractivity contribution in [2.45, 2.75) is 6.92 Å². The molecule has 0 unspecified atom stereocenters. The third-order valence-electron chi connectivity index (χ3n) is 4.05. The zero-order valence-electron chi connectivity index (χ0n) is 13.9. The van der Waals surface area contributed by atoms with Crippen LogP contribution >= 0.6 is 31.9 Å². The van der Waals surface area contributed by atoms with Crippen molar-refractivity contribution in [1.82, 2.24) is 9.36 Å². The quantitative estimate of drug-likeness (QED) is 0.552. The third kappa shape index (κ3) is 3.10. The van der Waals surface area contributed by atoms with Gasteiger partial charge in [0, 0.05) is 18.8 Å². The fourth-order valence-corrected chi connectivity index (χ4v) is 3.71. The first-order valence-electron chi connectivity index (χ1n) is 7.61. The molecule has 134 valence electrons. The number of phenolic OH excluding ortho intramolecular Hbond substituents is 2. The van der Waals surface area contributed by atoms with Crippen LogP contribution in [0.2, 0.25) is 0 Å². The van der Waals surface area contributed by atoms with Crippen molar-refractivity contribution in [3.05, 3.63) is 67.0 Å². The van der Waals surface area contributed by atoms with Crippen molar-refractivity contribution >= 4 is 43.8 Å². The van der Waals surface area contributed by atoms with Crippen molar-refractivity contribution in [3.63, 3.8) is 0 Å². The topological polar surface area (TPSA) is 79.8 Å². The Labute approximate surface area is 166 Å². The van der Waals surface area contributed by atoms with E-state index in [0.717, 1.165) is 5.69 Å². The van der Waals surface area contributed by atoms with E-state index < -0.39 is 0 Å². The van der Waals surface area contributed by atoms with Crippen molar-refractivity contribution in [2.75, 3.05) is 0 Å². The van der Waals surface area contributed by atoms with Crippen LogP contribution in [-0.4, -0.2) is 25.8 Å². The zero-order chi connectivity index (χ0) is 19.0. The van der Waals surface area contributed by atoms with Gasteiger partial charge in [-0.15, -0.1) is 0 Å². The zero-order valence-corrected chi connectivity index (χ0v) is 17.1. The van der Waals surface area contributed by atoms with Crippen LogP contribution in [0, 0.1) is 6.92 Å². The third-order valence-corrected chi connectivity index (χ3v) is 5.41. The summed E-state index contributed by atoms with van der Waals surface area (Å²) in [6.45, 7) is 1.80. The first-order chi connectivity index (χ1) is 12.3. The van der Waals surface area contributed by atoms with Crippen LogP contribution in [0.25, 0.3) is 5.69 Å². The molecule has 0 saturated heterocycles.